The lowest BCUT2D eigenvalue weighted by Gasteiger charge is -2.32. The molecule has 0 saturated carbocycles. The summed E-state index contributed by atoms with van der Waals surface area (Å²) in [7, 11) is 1.94. The van der Waals surface area contributed by atoms with Crippen LogP contribution < -0.4 is 9.04 Å². The predicted octanol–water partition coefficient (Wildman–Crippen LogP) is 6.79. The molecule has 0 saturated heterocycles. The van der Waals surface area contributed by atoms with Crippen LogP contribution in [0.1, 0.15) is 16.7 Å². The summed E-state index contributed by atoms with van der Waals surface area (Å²) < 4.78 is 67.1. The lowest BCUT2D eigenvalue weighted by molar-refractivity contribution is -0.274. The second-order valence-electron chi connectivity index (χ2n) is 8.77. The molecule has 4 rings (SSSR count). The molecule has 5 nitrogen and oxygen atoms in total. The van der Waals surface area contributed by atoms with Gasteiger partial charge in [-0.1, -0.05) is 60.7 Å². The fourth-order valence-electron chi connectivity index (χ4n) is 4.27. The second kappa shape index (κ2) is 11.6. The average Bonchev–Trinajstić information content (AvgIpc) is 3.18. The minimum atomic E-state index is -4.76. The van der Waals surface area contributed by atoms with Crippen LogP contribution in [-0.2, 0) is 24.2 Å². The van der Waals surface area contributed by atoms with E-state index in [1.165, 1.54) is 27.8 Å². The molecule has 0 aliphatic carbocycles. The molecule has 0 fully saturated rings. The third kappa shape index (κ3) is 7.10. The number of alkyl halides is 3. The molecule has 1 heterocycles. The molecule has 0 radical (unpaired) electrons. The van der Waals surface area contributed by atoms with Gasteiger partial charge in [-0.15, -0.1) is 24.5 Å². The largest absolute Gasteiger partial charge is 0.573 e. The van der Waals surface area contributed by atoms with Crippen molar-refractivity contribution in [2.45, 2.75) is 32.3 Å². The Hall–Kier alpha value is -2.92. The van der Waals surface area contributed by atoms with Crippen molar-refractivity contribution in [3.63, 3.8) is 0 Å². The molecule has 10 heteroatoms. The maximum absolute atomic E-state index is 12.6. The second-order valence-corrected chi connectivity index (χ2v) is 10.7. The average molecular weight is 549 g/mol. The van der Waals surface area contributed by atoms with Gasteiger partial charge in [0, 0.05) is 17.3 Å². The Bertz CT molecular complexity index is 1340. The Balaban J connectivity index is 1.62. The van der Waals surface area contributed by atoms with E-state index in [4.69, 9.17) is 0 Å². The number of thiophene rings is 1. The van der Waals surface area contributed by atoms with E-state index in [1.807, 2.05) is 68.6 Å². The SMILES string of the molecule is Cc1c(N(CC(Cc2ccc(OC(F)(F)F)cc2)N(C)Cc2ccccc2)S(=O)O)sc2ccccc12. The van der Waals surface area contributed by atoms with Crippen molar-refractivity contribution in [3.05, 3.63) is 95.6 Å². The maximum Gasteiger partial charge on any atom is 0.573 e. The molecular formula is C27H27F3N2O3S2. The highest BCUT2D eigenvalue weighted by Gasteiger charge is 2.31. The molecule has 0 bridgehead atoms. The van der Waals surface area contributed by atoms with Crippen molar-refractivity contribution in [1.29, 1.82) is 0 Å². The van der Waals surface area contributed by atoms with Crippen molar-refractivity contribution in [2.75, 3.05) is 17.9 Å². The summed E-state index contributed by atoms with van der Waals surface area (Å²) in [6, 6.07) is 23.2. The fourth-order valence-corrected chi connectivity index (χ4v) is 6.27. The lowest BCUT2D eigenvalue weighted by Crippen LogP contribution is -2.44. The number of hydrogen-bond acceptors (Lipinski definition) is 4. The third-order valence-electron chi connectivity index (χ3n) is 6.14. The summed E-state index contributed by atoms with van der Waals surface area (Å²) in [5.74, 6) is -0.288. The number of rotatable bonds is 10. The van der Waals surface area contributed by atoms with E-state index in [2.05, 4.69) is 9.64 Å². The Labute approximate surface area is 220 Å². The highest BCUT2D eigenvalue weighted by atomic mass is 32.2. The van der Waals surface area contributed by atoms with Gasteiger partial charge in [-0.05, 0) is 60.7 Å². The zero-order chi connectivity index (χ0) is 26.6. The smallest absolute Gasteiger partial charge is 0.406 e. The first kappa shape index (κ1) is 27.1. The van der Waals surface area contributed by atoms with Gasteiger partial charge in [0.05, 0.1) is 6.54 Å². The van der Waals surface area contributed by atoms with Crippen LogP contribution in [0.5, 0.6) is 5.75 Å². The van der Waals surface area contributed by atoms with Crippen molar-refractivity contribution < 1.29 is 26.7 Å². The van der Waals surface area contributed by atoms with Crippen LogP contribution in [-0.4, -0.2) is 39.7 Å². The molecule has 37 heavy (non-hydrogen) atoms. The highest BCUT2D eigenvalue weighted by molar-refractivity contribution is 7.81. The number of benzene rings is 3. The van der Waals surface area contributed by atoms with Gasteiger partial charge in [-0.25, -0.2) is 4.21 Å². The highest BCUT2D eigenvalue weighted by Crippen LogP contribution is 2.38. The van der Waals surface area contributed by atoms with Gasteiger partial charge in [0.2, 0.25) is 0 Å². The van der Waals surface area contributed by atoms with Crippen molar-refractivity contribution in [1.82, 2.24) is 4.90 Å². The van der Waals surface area contributed by atoms with Gasteiger partial charge in [-0.2, -0.15) is 0 Å². The quantitative estimate of drug-likeness (QED) is 0.222. The number of anilines is 1. The van der Waals surface area contributed by atoms with E-state index in [0.29, 0.717) is 18.0 Å². The minimum Gasteiger partial charge on any atom is -0.406 e. The van der Waals surface area contributed by atoms with E-state index in [1.54, 1.807) is 12.1 Å². The summed E-state index contributed by atoms with van der Waals surface area (Å²) in [6.07, 6.45) is -4.30. The monoisotopic (exact) mass is 548 g/mol. The first-order valence-corrected chi connectivity index (χ1v) is 13.4. The number of likely N-dealkylation sites (N-methyl/N-ethyl adjacent to an activating group) is 1. The van der Waals surface area contributed by atoms with Crippen LogP contribution in [0.4, 0.5) is 18.2 Å². The standard InChI is InChI=1S/C27H27F3N2O3S2/c1-19-24-10-6-7-11-25(24)36-26(19)32(37(33)34)18-22(31(2)17-21-8-4-3-5-9-21)16-20-12-14-23(15-13-20)35-27(28,29)30/h3-15,22H,16-18H2,1-2H3,(H,33,34). The number of halogens is 3. The zero-order valence-corrected chi connectivity index (χ0v) is 21.9. The summed E-state index contributed by atoms with van der Waals surface area (Å²) in [5, 5.41) is 1.75. The van der Waals surface area contributed by atoms with E-state index in [-0.39, 0.29) is 18.3 Å². The summed E-state index contributed by atoms with van der Waals surface area (Å²) in [4.78, 5) is 2.10. The van der Waals surface area contributed by atoms with Crippen LogP contribution in [0.3, 0.4) is 0 Å². The maximum atomic E-state index is 12.6. The first-order valence-electron chi connectivity index (χ1n) is 11.6. The molecule has 0 amide bonds. The molecule has 2 unspecified atom stereocenters. The predicted molar refractivity (Wildman–Crippen MR) is 143 cm³/mol. The van der Waals surface area contributed by atoms with Gasteiger partial charge >= 0.3 is 6.36 Å². The Morgan fingerprint density at radius 2 is 1.62 bits per heavy atom. The Kier molecular flexibility index (Phi) is 8.53. The van der Waals surface area contributed by atoms with Gasteiger partial charge in [-0.3, -0.25) is 13.8 Å². The number of ether oxygens (including phenoxy) is 1. The van der Waals surface area contributed by atoms with Crippen LogP contribution in [0.25, 0.3) is 10.1 Å². The molecular weight excluding hydrogens is 521 g/mol. The Morgan fingerprint density at radius 1 is 0.973 bits per heavy atom. The molecule has 1 aromatic heterocycles. The topological polar surface area (TPSA) is 53.0 Å². The first-order chi connectivity index (χ1) is 17.6. The molecule has 1 N–H and O–H groups in total. The van der Waals surface area contributed by atoms with Gasteiger partial charge in [0.1, 0.15) is 10.8 Å². The number of aryl methyl sites for hydroxylation is 1. The van der Waals surface area contributed by atoms with E-state index in [0.717, 1.165) is 26.8 Å². The fraction of sp³-hybridized carbons (Fsp3) is 0.259. The molecule has 2 atom stereocenters. The van der Waals surface area contributed by atoms with Gasteiger partial charge in [0.15, 0.2) is 0 Å². The lowest BCUT2D eigenvalue weighted by atomic mass is 10.0. The molecule has 0 aliphatic heterocycles. The summed E-state index contributed by atoms with van der Waals surface area (Å²) in [5.41, 5.74) is 2.80. The zero-order valence-electron chi connectivity index (χ0n) is 20.3. The van der Waals surface area contributed by atoms with Crippen molar-refractivity contribution in [3.8, 4) is 5.75 Å². The summed E-state index contributed by atoms with van der Waals surface area (Å²) in [6.45, 7) is 2.77. The molecule has 0 aliphatic rings. The van der Waals surface area contributed by atoms with Crippen molar-refractivity contribution in [2.24, 2.45) is 0 Å². The molecule has 0 spiro atoms. The number of hydrogen-bond donors (Lipinski definition) is 1. The van der Waals surface area contributed by atoms with Gasteiger partial charge < -0.3 is 4.74 Å². The third-order valence-corrected chi connectivity index (χ3v) is 8.26. The normalized spacial score (nSPS) is 13.6. The van der Waals surface area contributed by atoms with Crippen molar-refractivity contribution >= 4 is 37.7 Å². The Morgan fingerprint density at radius 3 is 2.24 bits per heavy atom. The molecule has 4 aromatic rings. The van der Waals surface area contributed by atoms with E-state index in [9.17, 15) is 21.9 Å². The van der Waals surface area contributed by atoms with Gasteiger partial charge in [0.25, 0.3) is 11.3 Å². The van der Waals surface area contributed by atoms with Crippen LogP contribution in [0, 0.1) is 6.92 Å². The summed E-state index contributed by atoms with van der Waals surface area (Å²) >= 11 is -0.813. The van der Waals surface area contributed by atoms with E-state index >= 15 is 0 Å². The number of nitrogens with zero attached hydrogens (tertiary/aromatic N) is 2. The van der Waals surface area contributed by atoms with Crippen LogP contribution >= 0.6 is 11.3 Å². The van der Waals surface area contributed by atoms with E-state index < -0.39 is 17.6 Å². The van der Waals surface area contributed by atoms with Crippen LogP contribution in [0.2, 0.25) is 0 Å². The number of fused-ring (bicyclic) bond motifs is 1. The van der Waals surface area contributed by atoms with Crippen LogP contribution in [0.15, 0.2) is 78.9 Å². The molecule has 196 valence electrons. The molecule has 3 aromatic carbocycles. The minimum absolute atomic E-state index is 0.227.